The number of halogens is 3. The molecule has 14 aromatic carbocycles. The van der Waals surface area contributed by atoms with Crippen molar-refractivity contribution in [3.8, 4) is 11.1 Å². The Morgan fingerprint density at radius 3 is 0.792 bits per heavy atom. The molecular formula is C103H90BBrCl2N4O2P4PdS2. The first-order valence-corrected chi connectivity index (χ1v) is 47.2. The maximum Gasteiger partial charge on any atom is 0.498 e. The molecule has 0 unspecified atom stereocenters. The van der Waals surface area contributed by atoms with Gasteiger partial charge in [0.1, 0.15) is 10.3 Å². The quantitative estimate of drug-likeness (QED) is 0.0614. The number of thiazole rings is 2. The van der Waals surface area contributed by atoms with Crippen LogP contribution in [0.15, 0.2) is 453 Å². The second kappa shape index (κ2) is 47.1. The molecule has 1 saturated heterocycles. The summed E-state index contributed by atoms with van der Waals surface area (Å²) < 4.78 is 15.3. The number of aromatic nitrogens is 4. The van der Waals surface area contributed by atoms with E-state index in [1.807, 2.05) is 87.2 Å². The standard InChI is InChI=1S/4C18H15P.C12H7ClN2S.C11H15BClNO2.C7H4BrNS.CH4.Pd/c4*1-4-10-16(11-5-1)19(17-12-6-2-7-13-17)18-14-8-3-9-15-18;13-12-9(2-1-5-14-12)8-3-4-10-11(6-8)16-7-15-10;1-10(2)11(3,4)16-12(15-10)8-6-5-7-14-9(8)13;8-5-1-2-6-7(3-5)10-4-9-6;;/h4*1-15H;1-7H;5-7H,1-4H3;1-4H;1H4;. The van der Waals surface area contributed by atoms with Crippen LogP contribution in [-0.4, -0.2) is 38.3 Å². The molecule has 0 atom stereocenters. The van der Waals surface area contributed by atoms with Crippen molar-refractivity contribution in [1.29, 1.82) is 0 Å². The number of nitrogens with zero attached hydrogens (tertiary/aromatic N) is 4. The zero-order chi connectivity index (χ0) is 81.6. The summed E-state index contributed by atoms with van der Waals surface area (Å²) >= 11 is 18.8. The molecular weight excluding hydrogens is 1780 g/mol. The van der Waals surface area contributed by atoms with Gasteiger partial charge in [-0.25, -0.2) is 19.9 Å². The van der Waals surface area contributed by atoms with Gasteiger partial charge in [-0.05, 0) is 177 Å². The fraction of sp³-hybridized carbons (Fsp3) is 0.0680. The van der Waals surface area contributed by atoms with Crippen molar-refractivity contribution in [2.24, 2.45) is 0 Å². The molecule has 0 amide bonds. The van der Waals surface area contributed by atoms with E-state index >= 15 is 0 Å². The van der Waals surface area contributed by atoms with E-state index in [4.69, 9.17) is 32.5 Å². The fourth-order valence-corrected chi connectivity index (χ4v) is 24.3. The summed E-state index contributed by atoms with van der Waals surface area (Å²) in [6.07, 6.45) is 3.34. The molecule has 0 spiro atoms. The number of benzene rings is 14. The molecule has 120 heavy (non-hydrogen) atoms. The molecule has 0 N–H and O–H groups in total. The second-order valence-corrected chi connectivity index (χ2v) is 40.0. The fourth-order valence-electron chi connectivity index (χ4n) is 12.7. The van der Waals surface area contributed by atoms with Gasteiger partial charge in [-0.1, -0.05) is 423 Å². The molecule has 0 radical (unpaired) electrons. The smallest absolute Gasteiger partial charge is 0.399 e. The zero-order valence-corrected chi connectivity index (χ0v) is 75.8. The van der Waals surface area contributed by atoms with Crippen LogP contribution in [0.4, 0.5) is 0 Å². The molecule has 1 aliphatic heterocycles. The molecule has 4 aromatic heterocycles. The minimum absolute atomic E-state index is 0. The molecule has 19 rings (SSSR count). The van der Waals surface area contributed by atoms with Gasteiger partial charge < -0.3 is 9.31 Å². The third-order valence-corrected chi connectivity index (χ3v) is 31.6. The summed E-state index contributed by atoms with van der Waals surface area (Å²) in [5, 5.41) is 17.7. The summed E-state index contributed by atoms with van der Waals surface area (Å²) in [4.78, 5) is 16.5. The Kier molecular flexibility index (Phi) is 35.9. The average Bonchev–Trinajstić information content (AvgIpc) is 1.62. The molecule has 1 fully saturated rings. The maximum atomic E-state index is 6.06. The van der Waals surface area contributed by atoms with E-state index < -0.39 is 38.8 Å². The van der Waals surface area contributed by atoms with E-state index in [0.717, 1.165) is 36.8 Å². The normalized spacial score (nSPS) is 12.0. The largest absolute Gasteiger partial charge is 0.498 e. The van der Waals surface area contributed by atoms with Crippen LogP contribution in [0, 0.1) is 0 Å². The van der Waals surface area contributed by atoms with Crippen LogP contribution in [0.1, 0.15) is 35.1 Å². The van der Waals surface area contributed by atoms with E-state index in [1.165, 1.54) is 68.4 Å². The maximum absolute atomic E-state index is 6.06. The first-order valence-electron chi connectivity index (χ1n) is 38.5. The Bertz CT molecular complexity index is 5110. The second-order valence-electron chi connectivity index (χ2n) is 27.7. The van der Waals surface area contributed by atoms with Gasteiger partial charge in [0.15, 0.2) is 0 Å². The van der Waals surface area contributed by atoms with Crippen LogP contribution in [0.5, 0.6) is 0 Å². The molecule has 0 bridgehead atoms. The molecule has 5 heterocycles. The van der Waals surface area contributed by atoms with Crippen molar-refractivity contribution in [1.82, 2.24) is 19.9 Å². The van der Waals surface area contributed by atoms with Crippen LogP contribution in [-0.2, 0) is 29.7 Å². The predicted molar refractivity (Wildman–Crippen MR) is 527 cm³/mol. The van der Waals surface area contributed by atoms with Gasteiger partial charge in [-0.2, -0.15) is 0 Å². The number of hydrogen-bond acceptors (Lipinski definition) is 8. The summed E-state index contributed by atoms with van der Waals surface area (Å²) in [5.74, 6) is 0. The number of pyridine rings is 2. The first-order chi connectivity index (χ1) is 57.8. The van der Waals surface area contributed by atoms with E-state index in [0.29, 0.717) is 10.3 Å². The Balaban J connectivity index is 0.000000137. The minimum atomic E-state index is -0.446. The minimum Gasteiger partial charge on any atom is -0.399 e. The van der Waals surface area contributed by atoms with Gasteiger partial charge in [0.2, 0.25) is 0 Å². The van der Waals surface area contributed by atoms with Gasteiger partial charge >= 0.3 is 7.12 Å². The number of fused-ring (bicyclic) bond motifs is 2. The van der Waals surface area contributed by atoms with Gasteiger partial charge in [-0.3, -0.25) is 0 Å². The molecule has 600 valence electrons. The Hall–Kier alpha value is -9.41. The van der Waals surface area contributed by atoms with Crippen molar-refractivity contribution in [2.75, 3.05) is 0 Å². The van der Waals surface area contributed by atoms with Crippen molar-refractivity contribution in [3.63, 3.8) is 0 Å². The van der Waals surface area contributed by atoms with Gasteiger partial charge in [0.25, 0.3) is 0 Å². The monoisotopic (exact) mass is 1870 g/mol. The third-order valence-electron chi connectivity index (χ3n) is 19.2. The Morgan fingerprint density at radius 1 is 0.292 bits per heavy atom. The average molecular weight is 1870 g/mol. The number of rotatable bonds is 14. The molecule has 17 heteroatoms. The van der Waals surface area contributed by atoms with Crippen LogP contribution < -0.4 is 69.1 Å². The Morgan fingerprint density at radius 2 is 0.533 bits per heavy atom. The SMILES string of the molecule is Brc1ccc2ncsc2c1.C.CC1(C)OB(c2cccnc2Cl)OC1(C)C.Clc1ncccc1-c1ccc2ncsc2c1.[Pd].c1ccc(P(c2ccccc2)c2ccccc2)cc1.c1ccc(P(c2ccccc2)c2ccccc2)cc1.c1ccc(P(c2ccccc2)c2ccccc2)cc1.c1ccc(P(c2ccccc2)c2ccccc2)cc1. The third kappa shape index (κ3) is 25.6. The van der Waals surface area contributed by atoms with E-state index in [2.05, 4.69) is 412 Å². The molecule has 0 saturated carbocycles. The van der Waals surface area contributed by atoms with Crippen molar-refractivity contribution >= 4 is 190 Å². The van der Waals surface area contributed by atoms with E-state index in [-0.39, 0.29) is 39.1 Å². The molecule has 18 aromatic rings. The van der Waals surface area contributed by atoms with Crippen molar-refractivity contribution in [3.05, 3.63) is 463 Å². The van der Waals surface area contributed by atoms with Gasteiger partial charge in [0.05, 0.1) is 42.7 Å². The Labute approximate surface area is 753 Å². The van der Waals surface area contributed by atoms with Crippen molar-refractivity contribution < 1.29 is 29.7 Å². The topological polar surface area (TPSA) is 70.0 Å². The zero-order valence-electron chi connectivity index (χ0n) is 66.0. The van der Waals surface area contributed by atoms with Gasteiger partial charge in [-0.15, -0.1) is 22.7 Å². The van der Waals surface area contributed by atoms with Crippen LogP contribution in [0.2, 0.25) is 10.3 Å². The summed E-state index contributed by atoms with van der Waals surface area (Å²) in [7, 11) is -2.22. The summed E-state index contributed by atoms with van der Waals surface area (Å²) in [5.41, 5.74) is 7.92. The predicted octanol–water partition coefficient (Wildman–Crippen LogP) is 23.5. The molecule has 6 nitrogen and oxygen atoms in total. The van der Waals surface area contributed by atoms with E-state index in [1.54, 1.807) is 35.1 Å². The van der Waals surface area contributed by atoms with Crippen LogP contribution in [0.25, 0.3) is 31.6 Å². The van der Waals surface area contributed by atoms with E-state index in [9.17, 15) is 0 Å². The van der Waals surface area contributed by atoms with Crippen LogP contribution >= 0.6 is 93.5 Å². The molecule has 1 aliphatic rings. The molecule has 0 aliphatic carbocycles. The summed E-state index contributed by atoms with van der Waals surface area (Å²) in [6, 6.07) is 149. The number of hydrogen-bond donors (Lipinski definition) is 0. The summed E-state index contributed by atoms with van der Waals surface area (Å²) in [6.45, 7) is 8.04. The first kappa shape index (κ1) is 91.3. The van der Waals surface area contributed by atoms with Crippen molar-refractivity contribution in [2.45, 2.75) is 46.3 Å². The van der Waals surface area contributed by atoms with Gasteiger partial charge in [0, 0.05) is 48.3 Å². The van der Waals surface area contributed by atoms with Crippen LogP contribution in [0.3, 0.4) is 0 Å².